The molecular formula is C19H18ClN3O2S. The Morgan fingerprint density at radius 1 is 1.23 bits per heavy atom. The Labute approximate surface area is 161 Å². The Morgan fingerprint density at radius 2 is 2.04 bits per heavy atom. The molecule has 5 nitrogen and oxygen atoms in total. The molecule has 0 saturated carbocycles. The van der Waals surface area contributed by atoms with Crippen LogP contribution in [0.4, 0.5) is 5.69 Å². The second-order valence-corrected chi connectivity index (χ2v) is 7.25. The third-order valence-corrected chi connectivity index (χ3v) is 4.95. The standard InChI is InChI=1S/C19H18ClN3O2S/c1-12-7-8-16(13(2)9-12)21-18(24)11-26-10-17-22-19(25-23-17)14-5-3-4-6-15(14)20/h3-9H,10-11H2,1-2H3,(H,21,24). The van der Waals surface area contributed by atoms with E-state index in [0.29, 0.717) is 33.8 Å². The van der Waals surface area contributed by atoms with E-state index in [4.69, 9.17) is 16.1 Å². The summed E-state index contributed by atoms with van der Waals surface area (Å²) in [5, 5.41) is 7.42. The molecule has 0 aliphatic carbocycles. The van der Waals surface area contributed by atoms with Gasteiger partial charge in [0.05, 0.1) is 22.1 Å². The van der Waals surface area contributed by atoms with E-state index in [-0.39, 0.29) is 5.91 Å². The van der Waals surface area contributed by atoms with Crippen molar-refractivity contribution in [2.24, 2.45) is 0 Å². The minimum absolute atomic E-state index is 0.0585. The van der Waals surface area contributed by atoms with Crippen molar-refractivity contribution in [3.63, 3.8) is 0 Å². The maximum Gasteiger partial charge on any atom is 0.259 e. The van der Waals surface area contributed by atoms with Crippen molar-refractivity contribution in [2.75, 3.05) is 11.1 Å². The van der Waals surface area contributed by atoms with Gasteiger partial charge in [-0.2, -0.15) is 4.98 Å². The molecule has 0 saturated heterocycles. The van der Waals surface area contributed by atoms with E-state index in [1.54, 1.807) is 6.07 Å². The summed E-state index contributed by atoms with van der Waals surface area (Å²) in [6, 6.07) is 13.2. The Balaban J connectivity index is 1.52. The van der Waals surface area contributed by atoms with Gasteiger partial charge >= 0.3 is 0 Å². The summed E-state index contributed by atoms with van der Waals surface area (Å²) in [4.78, 5) is 16.4. The zero-order valence-electron chi connectivity index (χ0n) is 14.5. The number of nitrogens with zero attached hydrogens (tertiary/aromatic N) is 2. The van der Waals surface area contributed by atoms with Crippen LogP contribution in [0.5, 0.6) is 0 Å². The van der Waals surface area contributed by atoms with Crippen molar-refractivity contribution in [2.45, 2.75) is 19.6 Å². The van der Waals surface area contributed by atoms with E-state index in [0.717, 1.165) is 11.3 Å². The third kappa shape index (κ3) is 4.65. The van der Waals surface area contributed by atoms with Crippen molar-refractivity contribution in [3.05, 3.63) is 64.4 Å². The van der Waals surface area contributed by atoms with Gasteiger partial charge < -0.3 is 9.84 Å². The summed E-state index contributed by atoms with van der Waals surface area (Å²) in [5.74, 6) is 1.64. The molecule has 7 heteroatoms. The first-order chi connectivity index (χ1) is 12.5. The summed E-state index contributed by atoms with van der Waals surface area (Å²) in [6.07, 6.45) is 0. The fraction of sp³-hybridized carbons (Fsp3) is 0.211. The van der Waals surface area contributed by atoms with Crippen LogP contribution in [0.25, 0.3) is 11.5 Å². The van der Waals surface area contributed by atoms with Gasteiger partial charge in [0.25, 0.3) is 5.89 Å². The van der Waals surface area contributed by atoms with Gasteiger partial charge in [0.1, 0.15) is 0 Å². The Kier molecular flexibility index (Phi) is 5.96. The van der Waals surface area contributed by atoms with Crippen LogP contribution in [0, 0.1) is 13.8 Å². The number of aryl methyl sites for hydroxylation is 2. The van der Waals surface area contributed by atoms with Gasteiger partial charge in [-0.15, -0.1) is 11.8 Å². The van der Waals surface area contributed by atoms with Gasteiger partial charge in [-0.05, 0) is 37.6 Å². The molecule has 0 radical (unpaired) electrons. The Bertz CT molecular complexity index is 927. The number of carbonyl (C=O) groups excluding carboxylic acids is 1. The maximum absolute atomic E-state index is 12.1. The molecule has 2 aromatic carbocycles. The van der Waals surface area contributed by atoms with Gasteiger partial charge in [-0.3, -0.25) is 4.79 Å². The lowest BCUT2D eigenvalue weighted by molar-refractivity contribution is -0.113. The summed E-state index contributed by atoms with van der Waals surface area (Å²) >= 11 is 7.55. The van der Waals surface area contributed by atoms with Crippen LogP contribution in [0.2, 0.25) is 5.02 Å². The number of amides is 1. The Morgan fingerprint density at radius 3 is 2.81 bits per heavy atom. The first-order valence-corrected chi connectivity index (χ1v) is 9.58. The lowest BCUT2D eigenvalue weighted by Gasteiger charge is -2.08. The molecule has 0 bridgehead atoms. The van der Waals surface area contributed by atoms with Crippen LogP contribution in [0.3, 0.4) is 0 Å². The van der Waals surface area contributed by atoms with E-state index in [1.165, 1.54) is 17.3 Å². The highest BCUT2D eigenvalue weighted by Crippen LogP contribution is 2.26. The van der Waals surface area contributed by atoms with Gasteiger partial charge in [0.15, 0.2) is 5.82 Å². The summed E-state index contributed by atoms with van der Waals surface area (Å²) < 4.78 is 5.25. The van der Waals surface area contributed by atoms with Crippen molar-refractivity contribution in [3.8, 4) is 11.5 Å². The lowest BCUT2D eigenvalue weighted by Crippen LogP contribution is -2.15. The molecule has 134 valence electrons. The number of carbonyl (C=O) groups is 1. The highest BCUT2D eigenvalue weighted by Gasteiger charge is 2.12. The van der Waals surface area contributed by atoms with Crippen molar-refractivity contribution >= 4 is 35.0 Å². The van der Waals surface area contributed by atoms with Gasteiger partial charge in [0, 0.05) is 5.69 Å². The zero-order valence-corrected chi connectivity index (χ0v) is 16.0. The number of benzene rings is 2. The highest BCUT2D eigenvalue weighted by molar-refractivity contribution is 7.99. The van der Waals surface area contributed by atoms with Gasteiger partial charge in [0.2, 0.25) is 5.91 Å². The van der Waals surface area contributed by atoms with Crippen molar-refractivity contribution in [1.82, 2.24) is 10.1 Å². The number of thioether (sulfide) groups is 1. The summed E-state index contributed by atoms with van der Waals surface area (Å²) in [6.45, 7) is 4.00. The third-order valence-electron chi connectivity index (χ3n) is 3.69. The first-order valence-electron chi connectivity index (χ1n) is 8.05. The number of rotatable bonds is 6. The molecule has 1 N–H and O–H groups in total. The van der Waals surface area contributed by atoms with Crippen LogP contribution in [0.15, 0.2) is 47.0 Å². The number of anilines is 1. The molecule has 3 rings (SSSR count). The van der Waals surface area contributed by atoms with Crippen molar-refractivity contribution < 1.29 is 9.32 Å². The predicted molar refractivity (Wildman–Crippen MR) is 105 cm³/mol. The molecule has 0 aliphatic heterocycles. The Hall–Kier alpha value is -2.31. The lowest BCUT2D eigenvalue weighted by atomic mass is 10.1. The topological polar surface area (TPSA) is 68.0 Å². The minimum Gasteiger partial charge on any atom is -0.334 e. The average Bonchev–Trinajstić information content (AvgIpc) is 3.06. The summed E-state index contributed by atoms with van der Waals surface area (Å²) in [5.41, 5.74) is 3.75. The molecule has 1 aromatic heterocycles. The van der Waals surface area contributed by atoms with Crippen LogP contribution in [-0.4, -0.2) is 21.8 Å². The number of hydrogen-bond donors (Lipinski definition) is 1. The highest BCUT2D eigenvalue weighted by atomic mass is 35.5. The van der Waals surface area contributed by atoms with Gasteiger partial charge in [-0.1, -0.05) is 46.6 Å². The molecule has 0 fully saturated rings. The minimum atomic E-state index is -0.0585. The SMILES string of the molecule is Cc1ccc(NC(=O)CSCc2noc(-c3ccccc3Cl)n2)c(C)c1. The van der Waals surface area contributed by atoms with E-state index >= 15 is 0 Å². The molecule has 26 heavy (non-hydrogen) atoms. The molecule has 1 heterocycles. The smallest absolute Gasteiger partial charge is 0.259 e. The van der Waals surface area contributed by atoms with Crippen LogP contribution in [0.1, 0.15) is 17.0 Å². The molecular weight excluding hydrogens is 370 g/mol. The monoisotopic (exact) mass is 387 g/mol. The molecule has 0 atom stereocenters. The predicted octanol–water partition coefficient (Wildman–Crippen LogP) is 4.88. The fourth-order valence-corrected chi connectivity index (χ4v) is 3.31. The zero-order chi connectivity index (χ0) is 18.5. The first kappa shape index (κ1) is 18.5. The molecule has 0 unspecified atom stereocenters. The maximum atomic E-state index is 12.1. The van der Waals surface area contributed by atoms with E-state index in [9.17, 15) is 4.79 Å². The van der Waals surface area contributed by atoms with Gasteiger partial charge in [-0.25, -0.2) is 0 Å². The van der Waals surface area contributed by atoms with Crippen LogP contribution < -0.4 is 5.32 Å². The number of aromatic nitrogens is 2. The van der Waals surface area contributed by atoms with Crippen LogP contribution in [-0.2, 0) is 10.5 Å². The molecule has 3 aromatic rings. The largest absolute Gasteiger partial charge is 0.334 e. The summed E-state index contributed by atoms with van der Waals surface area (Å²) in [7, 11) is 0. The number of halogens is 1. The fourth-order valence-electron chi connectivity index (χ4n) is 2.43. The molecule has 0 spiro atoms. The molecule has 0 aliphatic rings. The second kappa shape index (κ2) is 8.38. The van der Waals surface area contributed by atoms with Crippen molar-refractivity contribution in [1.29, 1.82) is 0 Å². The number of hydrogen-bond acceptors (Lipinski definition) is 5. The van der Waals surface area contributed by atoms with E-state index in [1.807, 2.05) is 50.2 Å². The average molecular weight is 388 g/mol. The molecule has 1 amide bonds. The van der Waals surface area contributed by atoms with E-state index < -0.39 is 0 Å². The number of nitrogens with one attached hydrogen (secondary N) is 1. The van der Waals surface area contributed by atoms with E-state index in [2.05, 4.69) is 15.5 Å². The van der Waals surface area contributed by atoms with Crippen LogP contribution >= 0.6 is 23.4 Å². The normalized spacial score (nSPS) is 10.7. The second-order valence-electron chi connectivity index (χ2n) is 5.85. The quantitative estimate of drug-likeness (QED) is 0.652.